The van der Waals surface area contributed by atoms with E-state index in [9.17, 15) is 0 Å². The standard InChI is InChI=1S/C64H47N/c1-63(2)59-50-19-10-8-16-42(50)26-32-54(59)56-34-28-45-38-47(30-36-52(45)61(56)63)65(58-21-13-12-18-49(58)44-24-22-41(23-25-44)40-14-6-5-7-15-40)48-31-37-53-46(39-48)29-35-57-55-33-27-43-17-9-11-20-51(43)60(55)64(3,4)62(53)57/h5-39H,1-4H3. The third kappa shape index (κ3) is 5.52. The van der Waals surface area contributed by atoms with Crippen LogP contribution in [0.2, 0.25) is 0 Å². The molecule has 1 nitrogen and oxygen atoms in total. The van der Waals surface area contributed by atoms with Crippen molar-refractivity contribution >= 4 is 60.2 Å². The van der Waals surface area contributed by atoms with Crippen molar-refractivity contribution in [3.63, 3.8) is 0 Å². The van der Waals surface area contributed by atoms with Gasteiger partial charge in [-0.15, -0.1) is 0 Å². The van der Waals surface area contributed by atoms with E-state index in [0.717, 1.165) is 17.1 Å². The van der Waals surface area contributed by atoms with Gasteiger partial charge in [-0.3, -0.25) is 0 Å². The maximum Gasteiger partial charge on any atom is 0.0540 e. The molecule has 0 bridgehead atoms. The molecule has 0 aromatic heterocycles. The Hall–Kier alpha value is -7.74. The van der Waals surface area contributed by atoms with E-state index in [1.807, 2.05) is 0 Å². The summed E-state index contributed by atoms with van der Waals surface area (Å²) in [5.74, 6) is 0. The van der Waals surface area contributed by atoms with Crippen molar-refractivity contribution in [1.29, 1.82) is 0 Å². The van der Waals surface area contributed by atoms with Gasteiger partial charge in [-0.05, 0) is 135 Å². The van der Waals surface area contributed by atoms with Gasteiger partial charge in [0.2, 0.25) is 0 Å². The summed E-state index contributed by atoms with van der Waals surface area (Å²) in [7, 11) is 0. The molecule has 2 aliphatic carbocycles. The molecule has 11 aromatic rings. The van der Waals surface area contributed by atoms with Crippen LogP contribution in [0.4, 0.5) is 17.1 Å². The molecule has 0 fully saturated rings. The van der Waals surface area contributed by atoms with Crippen molar-refractivity contribution < 1.29 is 0 Å². The molecule has 308 valence electrons. The van der Waals surface area contributed by atoms with Crippen molar-refractivity contribution in [2.45, 2.75) is 38.5 Å². The summed E-state index contributed by atoms with van der Waals surface area (Å²) in [5.41, 5.74) is 18.9. The maximum absolute atomic E-state index is 2.49. The molecule has 0 atom stereocenters. The highest BCUT2D eigenvalue weighted by molar-refractivity contribution is 6.07. The van der Waals surface area contributed by atoms with Crippen molar-refractivity contribution in [3.8, 4) is 44.5 Å². The third-order valence-corrected chi connectivity index (χ3v) is 14.9. The lowest BCUT2D eigenvalue weighted by Gasteiger charge is -2.30. The van der Waals surface area contributed by atoms with E-state index in [0.29, 0.717) is 0 Å². The summed E-state index contributed by atoms with van der Waals surface area (Å²) >= 11 is 0. The molecule has 0 N–H and O–H groups in total. The van der Waals surface area contributed by atoms with Gasteiger partial charge in [-0.2, -0.15) is 0 Å². The SMILES string of the molecule is CC1(C)c2c(ccc3ccccc23)-c2ccc3cc(N(c4ccc5c6c(ccc5c4)-c4ccc5ccccc5c4C6(C)C)c4ccccc4-c4ccc(-c5ccccc5)cc4)ccc3c21. The van der Waals surface area contributed by atoms with Crippen LogP contribution in [0.3, 0.4) is 0 Å². The van der Waals surface area contributed by atoms with Crippen LogP contribution in [0.25, 0.3) is 87.6 Å². The second kappa shape index (κ2) is 13.9. The minimum atomic E-state index is -0.164. The molecule has 1 heteroatoms. The second-order valence-corrected chi connectivity index (χ2v) is 19.3. The lowest BCUT2D eigenvalue weighted by Crippen LogP contribution is -2.16. The minimum absolute atomic E-state index is 0.164. The third-order valence-electron chi connectivity index (χ3n) is 14.9. The molecule has 0 heterocycles. The molecule has 11 aromatic carbocycles. The quantitative estimate of drug-likeness (QED) is 0.167. The monoisotopic (exact) mass is 829 g/mol. The Kier molecular flexibility index (Phi) is 8.07. The fraction of sp³-hybridized carbons (Fsp3) is 0.0938. The average molecular weight is 830 g/mol. The molecule has 0 radical (unpaired) electrons. The Morgan fingerprint density at radius 2 is 0.662 bits per heavy atom. The Balaban J connectivity index is 0.990. The van der Waals surface area contributed by atoms with Gasteiger partial charge in [0, 0.05) is 27.8 Å². The smallest absolute Gasteiger partial charge is 0.0540 e. The van der Waals surface area contributed by atoms with Gasteiger partial charge in [0.1, 0.15) is 0 Å². The van der Waals surface area contributed by atoms with E-state index in [4.69, 9.17) is 0 Å². The molecule has 0 saturated carbocycles. The summed E-state index contributed by atoms with van der Waals surface area (Å²) in [4.78, 5) is 2.49. The van der Waals surface area contributed by atoms with Crippen LogP contribution in [-0.4, -0.2) is 0 Å². The van der Waals surface area contributed by atoms with Crippen LogP contribution in [0.5, 0.6) is 0 Å². The highest BCUT2D eigenvalue weighted by Crippen LogP contribution is 2.56. The highest BCUT2D eigenvalue weighted by Gasteiger charge is 2.40. The van der Waals surface area contributed by atoms with Crippen LogP contribution >= 0.6 is 0 Å². The summed E-state index contributed by atoms with van der Waals surface area (Å²) in [6.45, 7) is 9.66. The van der Waals surface area contributed by atoms with Crippen LogP contribution in [0.15, 0.2) is 212 Å². The van der Waals surface area contributed by atoms with Crippen LogP contribution in [0, 0.1) is 0 Å². The van der Waals surface area contributed by atoms with Gasteiger partial charge < -0.3 is 4.90 Å². The summed E-state index contributed by atoms with van der Waals surface area (Å²) < 4.78 is 0. The van der Waals surface area contributed by atoms with Gasteiger partial charge in [-0.1, -0.05) is 210 Å². The first-order valence-corrected chi connectivity index (χ1v) is 23.0. The van der Waals surface area contributed by atoms with E-state index in [1.165, 1.54) is 110 Å². The Morgan fingerprint density at radius 3 is 1.17 bits per heavy atom. The molecule has 65 heavy (non-hydrogen) atoms. The Labute approximate surface area is 380 Å². The fourth-order valence-corrected chi connectivity index (χ4v) is 12.1. The van der Waals surface area contributed by atoms with E-state index in [2.05, 4.69) is 245 Å². The van der Waals surface area contributed by atoms with Crippen molar-refractivity contribution in [2.75, 3.05) is 4.90 Å². The van der Waals surface area contributed by atoms with E-state index in [1.54, 1.807) is 0 Å². The molecular weight excluding hydrogens is 783 g/mol. The van der Waals surface area contributed by atoms with Crippen molar-refractivity contribution in [3.05, 3.63) is 235 Å². The van der Waals surface area contributed by atoms with Gasteiger partial charge in [-0.25, -0.2) is 0 Å². The number of nitrogens with zero attached hydrogens (tertiary/aromatic N) is 1. The van der Waals surface area contributed by atoms with Gasteiger partial charge in [0.25, 0.3) is 0 Å². The zero-order valence-electron chi connectivity index (χ0n) is 37.2. The van der Waals surface area contributed by atoms with Crippen molar-refractivity contribution in [2.24, 2.45) is 0 Å². The van der Waals surface area contributed by atoms with Crippen LogP contribution < -0.4 is 4.90 Å². The molecule has 13 rings (SSSR count). The number of hydrogen-bond donors (Lipinski definition) is 0. The predicted octanol–water partition coefficient (Wildman–Crippen LogP) is 17.7. The first-order chi connectivity index (χ1) is 31.8. The zero-order chi connectivity index (χ0) is 43.6. The second-order valence-electron chi connectivity index (χ2n) is 19.3. The lowest BCUT2D eigenvalue weighted by molar-refractivity contribution is 0.672. The zero-order valence-corrected chi connectivity index (χ0v) is 37.2. The number of para-hydroxylation sites is 1. The minimum Gasteiger partial charge on any atom is -0.310 e. The molecule has 0 aliphatic heterocycles. The molecule has 0 amide bonds. The molecule has 0 saturated heterocycles. The largest absolute Gasteiger partial charge is 0.310 e. The average Bonchev–Trinajstić information content (AvgIpc) is 3.74. The first-order valence-electron chi connectivity index (χ1n) is 23.0. The normalized spacial score (nSPS) is 14.1. The molecule has 2 aliphatic rings. The van der Waals surface area contributed by atoms with Gasteiger partial charge >= 0.3 is 0 Å². The fourth-order valence-electron chi connectivity index (χ4n) is 12.1. The molecular formula is C64H47N. The first kappa shape index (κ1) is 37.8. The number of rotatable bonds is 5. The lowest BCUT2D eigenvalue weighted by atomic mass is 9.78. The Morgan fingerprint density at radius 1 is 0.277 bits per heavy atom. The summed E-state index contributed by atoms with van der Waals surface area (Å²) in [6, 6.07) is 79.4. The van der Waals surface area contributed by atoms with E-state index >= 15 is 0 Å². The van der Waals surface area contributed by atoms with Crippen LogP contribution in [0.1, 0.15) is 49.9 Å². The van der Waals surface area contributed by atoms with E-state index in [-0.39, 0.29) is 10.8 Å². The highest BCUT2D eigenvalue weighted by atomic mass is 15.1. The number of fused-ring (bicyclic) bond motifs is 14. The predicted molar refractivity (Wildman–Crippen MR) is 277 cm³/mol. The Bertz CT molecular complexity index is 3570. The topological polar surface area (TPSA) is 3.24 Å². The van der Waals surface area contributed by atoms with Gasteiger partial charge in [0.15, 0.2) is 0 Å². The summed E-state index contributed by atoms with van der Waals surface area (Å²) in [5, 5.41) is 10.4. The van der Waals surface area contributed by atoms with Crippen LogP contribution in [-0.2, 0) is 10.8 Å². The molecule has 0 unspecified atom stereocenters. The number of anilines is 3. The van der Waals surface area contributed by atoms with Crippen molar-refractivity contribution in [1.82, 2.24) is 0 Å². The number of hydrogen-bond acceptors (Lipinski definition) is 1. The molecule has 0 spiro atoms. The van der Waals surface area contributed by atoms with Gasteiger partial charge in [0.05, 0.1) is 5.69 Å². The number of benzene rings is 11. The van der Waals surface area contributed by atoms with E-state index < -0.39 is 0 Å². The summed E-state index contributed by atoms with van der Waals surface area (Å²) in [6.07, 6.45) is 0. The maximum atomic E-state index is 2.49.